The molecule has 36 heavy (non-hydrogen) atoms. The van der Waals surface area contributed by atoms with Gasteiger partial charge < -0.3 is 19.6 Å². The molecule has 2 aromatic rings. The van der Waals surface area contributed by atoms with Crippen molar-refractivity contribution in [2.45, 2.75) is 72.5 Å². The van der Waals surface area contributed by atoms with E-state index in [0.717, 1.165) is 22.3 Å². The second kappa shape index (κ2) is 11.0. The molecule has 6 heteroatoms. The number of ether oxygens (including phenoxy) is 1. The minimum absolute atomic E-state index is 0.00664. The molecule has 6 nitrogen and oxygen atoms in total. The quantitative estimate of drug-likeness (QED) is 0.562. The fourth-order valence-corrected chi connectivity index (χ4v) is 5.37. The lowest BCUT2D eigenvalue weighted by Gasteiger charge is -2.43. The molecule has 3 rings (SSSR count). The zero-order chi connectivity index (χ0) is 26.7. The normalized spacial score (nSPS) is 16.4. The predicted octanol–water partition coefficient (Wildman–Crippen LogP) is 5.67. The third-order valence-corrected chi connectivity index (χ3v) is 7.22. The SMILES string of the molecule is CCN(CC)C(=O)c1ccc(C(O)(c2c(C)cccc2C)C2CCN(C(=O)OC(C)(C)C)CC2)cc1. The van der Waals surface area contributed by atoms with Gasteiger partial charge in [-0.05, 0) is 102 Å². The van der Waals surface area contributed by atoms with E-state index in [1.165, 1.54) is 0 Å². The molecular weight excluding hydrogens is 452 g/mol. The molecule has 0 bridgehead atoms. The number of hydrogen-bond acceptors (Lipinski definition) is 4. The van der Waals surface area contributed by atoms with Gasteiger partial charge in [0, 0.05) is 31.7 Å². The Morgan fingerprint density at radius 3 is 1.97 bits per heavy atom. The van der Waals surface area contributed by atoms with Crippen molar-refractivity contribution in [1.29, 1.82) is 0 Å². The molecule has 1 fully saturated rings. The lowest BCUT2D eigenvalue weighted by atomic mass is 9.69. The number of hydrogen-bond donors (Lipinski definition) is 1. The van der Waals surface area contributed by atoms with Crippen LogP contribution in [0.25, 0.3) is 0 Å². The average Bonchev–Trinajstić information content (AvgIpc) is 2.83. The molecule has 0 spiro atoms. The molecule has 1 N–H and O–H groups in total. The van der Waals surface area contributed by atoms with Crippen molar-refractivity contribution < 1.29 is 19.4 Å². The Labute approximate surface area is 216 Å². The van der Waals surface area contributed by atoms with Gasteiger partial charge in [0.2, 0.25) is 0 Å². The molecule has 0 saturated carbocycles. The van der Waals surface area contributed by atoms with Crippen molar-refractivity contribution in [3.63, 3.8) is 0 Å². The van der Waals surface area contributed by atoms with E-state index in [9.17, 15) is 14.7 Å². The Hall–Kier alpha value is -2.86. The number of nitrogens with zero attached hydrogens (tertiary/aromatic N) is 2. The number of likely N-dealkylation sites (tertiary alicyclic amines) is 1. The van der Waals surface area contributed by atoms with Crippen LogP contribution in [0.1, 0.15) is 80.1 Å². The van der Waals surface area contributed by atoms with Crippen molar-refractivity contribution in [3.8, 4) is 0 Å². The van der Waals surface area contributed by atoms with Crippen LogP contribution in [0.5, 0.6) is 0 Å². The van der Waals surface area contributed by atoms with Crippen LogP contribution in [0.15, 0.2) is 42.5 Å². The highest BCUT2D eigenvalue weighted by Crippen LogP contribution is 2.44. The van der Waals surface area contributed by atoms with Gasteiger partial charge in [0.15, 0.2) is 0 Å². The van der Waals surface area contributed by atoms with Gasteiger partial charge in [-0.1, -0.05) is 30.3 Å². The summed E-state index contributed by atoms with van der Waals surface area (Å²) in [5, 5.41) is 12.6. The summed E-state index contributed by atoms with van der Waals surface area (Å²) < 4.78 is 5.57. The monoisotopic (exact) mass is 494 g/mol. The summed E-state index contributed by atoms with van der Waals surface area (Å²) >= 11 is 0. The third kappa shape index (κ3) is 5.75. The second-order valence-corrected chi connectivity index (χ2v) is 10.8. The number of carbonyl (C=O) groups excluding carboxylic acids is 2. The van der Waals surface area contributed by atoms with Gasteiger partial charge in [-0.15, -0.1) is 0 Å². The summed E-state index contributed by atoms with van der Waals surface area (Å²) in [5.74, 6) is -0.104. The van der Waals surface area contributed by atoms with Crippen molar-refractivity contribution >= 4 is 12.0 Å². The molecule has 1 unspecified atom stereocenters. The summed E-state index contributed by atoms with van der Waals surface area (Å²) in [5.41, 5.74) is 2.55. The van der Waals surface area contributed by atoms with E-state index in [2.05, 4.69) is 0 Å². The van der Waals surface area contributed by atoms with Crippen LogP contribution in [0, 0.1) is 19.8 Å². The van der Waals surface area contributed by atoms with Gasteiger partial charge in [-0.25, -0.2) is 4.79 Å². The zero-order valence-electron chi connectivity index (χ0n) is 22.9. The minimum atomic E-state index is -1.24. The molecule has 0 aliphatic carbocycles. The van der Waals surface area contributed by atoms with Gasteiger partial charge in [0.1, 0.15) is 11.2 Å². The highest BCUT2D eigenvalue weighted by molar-refractivity contribution is 5.94. The van der Waals surface area contributed by atoms with Gasteiger partial charge in [-0.2, -0.15) is 0 Å². The summed E-state index contributed by atoms with van der Waals surface area (Å²) in [7, 11) is 0. The smallest absolute Gasteiger partial charge is 0.410 e. The molecule has 1 aliphatic heterocycles. The lowest BCUT2D eigenvalue weighted by Crippen LogP contribution is -2.47. The van der Waals surface area contributed by atoms with E-state index in [-0.39, 0.29) is 17.9 Å². The molecule has 1 aliphatic rings. The van der Waals surface area contributed by atoms with Crippen LogP contribution < -0.4 is 0 Å². The molecule has 1 heterocycles. The maximum atomic E-state index is 12.9. The molecule has 2 aromatic carbocycles. The Morgan fingerprint density at radius 2 is 1.50 bits per heavy atom. The number of benzene rings is 2. The van der Waals surface area contributed by atoms with Crippen LogP contribution in [0.4, 0.5) is 4.79 Å². The summed E-state index contributed by atoms with van der Waals surface area (Å²) in [6, 6.07) is 13.5. The maximum Gasteiger partial charge on any atom is 0.410 e. The number of aliphatic hydroxyl groups is 1. The van der Waals surface area contributed by atoms with Crippen LogP contribution in [-0.4, -0.2) is 58.7 Å². The molecule has 2 amide bonds. The van der Waals surface area contributed by atoms with Crippen LogP contribution in [-0.2, 0) is 10.3 Å². The second-order valence-electron chi connectivity index (χ2n) is 10.8. The number of rotatable bonds is 6. The molecule has 0 aromatic heterocycles. The predicted molar refractivity (Wildman–Crippen MR) is 143 cm³/mol. The first kappa shape index (κ1) is 27.7. The fraction of sp³-hybridized carbons (Fsp3) is 0.533. The summed E-state index contributed by atoms with van der Waals surface area (Å²) in [4.78, 5) is 29.0. The summed E-state index contributed by atoms with van der Waals surface area (Å²) in [6.07, 6.45) is 0.976. The minimum Gasteiger partial charge on any atom is -0.444 e. The van der Waals surface area contributed by atoms with E-state index < -0.39 is 11.2 Å². The van der Waals surface area contributed by atoms with Crippen LogP contribution >= 0.6 is 0 Å². The zero-order valence-corrected chi connectivity index (χ0v) is 22.9. The van der Waals surface area contributed by atoms with E-state index in [1.807, 2.05) is 90.9 Å². The van der Waals surface area contributed by atoms with Gasteiger partial charge in [0.25, 0.3) is 5.91 Å². The number of aryl methyl sites for hydroxylation is 2. The topological polar surface area (TPSA) is 70.1 Å². The Morgan fingerprint density at radius 1 is 0.972 bits per heavy atom. The number of amides is 2. The first-order valence-electron chi connectivity index (χ1n) is 13.1. The first-order chi connectivity index (χ1) is 16.9. The van der Waals surface area contributed by atoms with Crippen molar-refractivity contribution in [1.82, 2.24) is 9.80 Å². The van der Waals surface area contributed by atoms with E-state index in [1.54, 1.807) is 9.80 Å². The molecule has 1 saturated heterocycles. The van der Waals surface area contributed by atoms with Crippen LogP contribution in [0.3, 0.4) is 0 Å². The Bertz CT molecular complexity index is 1040. The Balaban J connectivity index is 1.96. The van der Waals surface area contributed by atoms with Crippen molar-refractivity contribution in [2.75, 3.05) is 26.2 Å². The Kier molecular flexibility index (Phi) is 8.50. The third-order valence-electron chi connectivity index (χ3n) is 7.22. The van der Waals surface area contributed by atoms with E-state index >= 15 is 0 Å². The highest BCUT2D eigenvalue weighted by Gasteiger charge is 2.44. The van der Waals surface area contributed by atoms with Crippen molar-refractivity contribution in [3.05, 3.63) is 70.3 Å². The maximum absolute atomic E-state index is 12.9. The standard InChI is InChI=1S/C30H42N2O4/c1-8-31(9-2)27(33)23-13-15-24(16-14-23)30(35,26-21(3)11-10-12-22(26)4)25-17-19-32(20-18-25)28(34)36-29(5,6)7/h10-16,25,35H,8-9,17-20H2,1-7H3. The van der Waals surface area contributed by atoms with E-state index in [4.69, 9.17) is 4.74 Å². The lowest BCUT2D eigenvalue weighted by molar-refractivity contribution is -0.0244. The molecule has 1 atom stereocenters. The summed E-state index contributed by atoms with van der Waals surface area (Å²) in [6.45, 7) is 15.9. The van der Waals surface area contributed by atoms with Gasteiger partial charge in [0.05, 0.1) is 0 Å². The molecule has 0 radical (unpaired) electrons. The largest absolute Gasteiger partial charge is 0.444 e. The molecular formula is C30H42N2O4. The van der Waals surface area contributed by atoms with Gasteiger partial charge >= 0.3 is 6.09 Å². The van der Waals surface area contributed by atoms with Crippen molar-refractivity contribution in [2.24, 2.45) is 5.92 Å². The van der Waals surface area contributed by atoms with Gasteiger partial charge in [-0.3, -0.25) is 4.79 Å². The number of piperidine rings is 1. The first-order valence-corrected chi connectivity index (χ1v) is 13.1. The fourth-order valence-electron chi connectivity index (χ4n) is 5.37. The van der Waals surface area contributed by atoms with E-state index in [0.29, 0.717) is 44.6 Å². The highest BCUT2D eigenvalue weighted by atomic mass is 16.6. The molecule has 196 valence electrons. The average molecular weight is 495 g/mol. The van der Waals surface area contributed by atoms with Crippen LogP contribution in [0.2, 0.25) is 0 Å². The number of carbonyl (C=O) groups is 2.